The van der Waals surface area contributed by atoms with Crippen LogP contribution >= 0.6 is 11.6 Å². The number of carbonyl (C=O) groups excluding carboxylic acids is 1. The second kappa shape index (κ2) is 10.5. The number of benzene rings is 3. The molecular weight excluding hydrogens is 515 g/mol. The molecule has 0 bridgehead atoms. The minimum Gasteiger partial charge on any atom is -0.493 e. The van der Waals surface area contributed by atoms with Gasteiger partial charge in [-0.05, 0) is 48.0 Å². The summed E-state index contributed by atoms with van der Waals surface area (Å²) in [7, 11) is -1.52. The average Bonchev–Trinajstić information content (AvgIpc) is 3.35. The number of amides is 1. The van der Waals surface area contributed by atoms with Gasteiger partial charge in [0.2, 0.25) is 12.7 Å². The molecule has 0 unspecified atom stereocenters. The van der Waals surface area contributed by atoms with Crippen molar-refractivity contribution in [3.8, 4) is 23.0 Å². The van der Waals surface area contributed by atoms with Gasteiger partial charge in [0.25, 0.3) is 10.0 Å². The minimum atomic E-state index is -4.31. The Labute approximate surface area is 212 Å². The Morgan fingerprint density at radius 3 is 2.50 bits per heavy atom. The highest BCUT2D eigenvalue weighted by molar-refractivity contribution is 7.92. The predicted octanol–water partition coefficient (Wildman–Crippen LogP) is 3.74. The van der Waals surface area contributed by atoms with E-state index >= 15 is 0 Å². The molecule has 0 aromatic heterocycles. The third kappa shape index (κ3) is 5.26. The molecule has 9 nitrogen and oxygen atoms in total. The number of nitrogens with zero attached hydrogens (tertiary/aromatic N) is 1. The molecule has 0 atom stereocenters. The van der Waals surface area contributed by atoms with Crippen LogP contribution in [0.2, 0.25) is 5.02 Å². The first-order valence-electron chi connectivity index (χ1n) is 10.6. The van der Waals surface area contributed by atoms with Gasteiger partial charge in [-0.2, -0.15) is 0 Å². The predicted molar refractivity (Wildman–Crippen MR) is 130 cm³/mol. The number of hydrogen-bond acceptors (Lipinski definition) is 7. The molecule has 1 aliphatic heterocycles. The average molecular weight is 537 g/mol. The second-order valence-corrected chi connectivity index (χ2v) is 9.86. The zero-order chi connectivity index (χ0) is 25.9. The van der Waals surface area contributed by atoms with Crippen molar-refractivity contribution in [2.45, 2.75) is 11.4 Å². The van der Waals surface area contributed by atoms with Gasteiger partial charge >= 0.3 is 0 Å². The lowest BCUT2D eigenvalue weighted by Gasteiger charge is -2.25. The Bertz CT molecular complexity index is 1400. The summed E-state index contributed by atoms with van der Waals surface area (Å²) in [5, 5.41) is 2.40. The summed E-state index contributed by atoms with van der Waals surface area (Å²) in [5.74, 6) is 0.344. The van der Waals surface area contributed by atoms with Gasteiger partial charge in [-0.3, -0.25) is 9.10 Å². The van der Waals surface area contributed by atoms with Crippen LogP contribution in [0.5, 0.6) is 23.0 Å². The van der Waals surface area contributed by atoms with Crippen molar-refractivity contribution in [2.75, 3.05) is 31.9 Å². The topological polar surface area (TPSA) is 103 Å². The molecule has 0 saturated carbocycles. The van der Waals surface area contributed by atoms with E-state index in [9.17, 15) is 17.6 Å². The zero-order valence-electron chi connectivity index (χ0n) is 19.3. The maximum atomic E-state index is 13.8. The number of carbonyl (C=O) groups is 1. The molecule has 3 aromatic rings. The lowest BCUT2D eigenvalue weighted by Crippen LogP contribution is -2.40. The van der Waals surface area contributed by atoms with Gasteiger partial charge < -0.3 is 24.3 Å². The number of rotatable bonds is 9. The van der Waals surface area contributed by atoms with E-state index in [0.717, 1.165) is 22.0 Å². The highest BCUT2D eigenvalue weighted by Crippen LogP contribution is 2.34. The van der Waals surface area contributed by atoms with Crippen LogP contribution in [-0.4, -0.2) is 41.9 Å². The van der Waals surface area contributed by atoms with Gasteiger partial charge in [0, 0.05) is 12.6 Å². The first kappa shape index (κ1) is 25.4. The Morgan fingerprint density at radius 2 is 1.78 bits per heavy atom. The molecule has 0 aliphatic carbocycles. The van der Waals surface area contributed by atoms with E-state index in [1.165, 1.54) is 38.5 Å². The molecule has 1 heterocycles. The van der Waals surface area contributed by atoms with Gasteiger partial charge in [0.05, 0.1) is 29.8 Å². The van der Waals surface area contributed by atoms with Gasteiger partial charge in [-0.25, -0.2) is 12.8 Å². The van der Waals surface area contributed by atoms with Crippen molar-refractivity contribution in [3.63, 3.8) is 0 Å². The number of hydrogen-bond donors (Lipinski definition) is 1. The van der Waals surface area contributed by atoms with Crippen LogP contribution in [0.15, 0.2) is 59.5 Å². The number of ether oxygens (including phenoxy) is 4. The molecule has 0 spiro atoms. The summed E-state index contributed by atoms with van der Waals surface area (Å²) in [5.41, 5.74) is 0.737. The molecule has 0 saturated heterocycles. The molecule has 1 N–H and O–H groups in total. The second-order valence-electron chi connectivity index (χ2n) is 7.59. The molecule has 190 valence electrons. The van der Waals surface area contributed by atoms with Gasteiger partial charge in [-0.15, -0.1) is 0 Å². The summed E-state index contributed by atoms with van der Waals surface area (Å²) in [6.07, 6.45) is 0. The van der Waals surface area contributed by atoms with Crippen LogP contribution in [0, 0.1) is 5.82 Å². The van der Waals surface area contributed by atoms with Crippen molar-refractivity contribution >= 4 is 33.2 Å². The standard InChI is InChI=1S/C24H22ClFN2O7S/c1-32-20-8-5-17(11-22(20)33-2)36(30,31)28(16-4-6-19(26)18(25)10-16)13-24(29)27-12-15-3-7-21-23(9-15)35-14-34-21/h3-11H,12-14H2,1-2H3,(H,27,29). The number of methoxy groups -OCH3 is 2. The van der Waals surface area contributed by atoms with E-state index < -0.39 is 28.3 Å². The Hall–Kier alpha value is -3.70. The van der Waals surface area contributed by atoms with Gasteiger partial charge in [0.15, 0.2) is 23.0 Å². The van der Waals surface area contributed by atoms with Crippen LogP contribution in [0.25, 0.3) is 0 Å². The lowest BCUT2D eigenvalue weighted by atomic mass is 10.2. The van der Waals surface area contributed by atoms with Crippen LogP contribution in [-0.2, 0) is 21.4 Å². The summed E-state index contributed by atoms with van der Waals surface area (Å²) in [4.78, 5) is 12.7. The SMILES string of the molecule is COc1ccc(S(=O)(=O)N(CC(=O)NCc2ccc3c(c2)OCO3)c2ccc(F)c(Cl)c2)cc1OC. The van der Waals surface area contributed by atoms with E-state index in [1.54, 1.807) is 18.2 Å². The molecule has 1 aliphatic rings. The maximum Gasteiger partial charge on any atom is 0.264 e. The van der Waals surface area contributed by atoms with Crippen molar-refractivity contribution in [3.05, 3.63) is 71.0 Å². The molecule has 1 amide bonds. The Morgan fingerprint density at radius 1 is 1.03 bits per heavy atom. The van der Waals surface area contributed by atoms with Crippen LogP contribution in [0.3, 0.4) is 0 Å². The van der Waals surface area contributed by atoms with Crippen LogP contribution in [0.4, 0.5) is 10.1 Å². The Kier molecular flexibility index (Phi) is 7.41. The third-order valence-electron chi connectivity index (χ3n) is 5.35. The van der Waals surface area contributed by atoms with E-state index in [0.29, 0.717) is 17.2 Å². The third-order valence-corrected chi connectivity index (χ3v) is 7.41. The monoisotopic (exact) mass is 536 g/mol. The normalized spacial score (nSPS) is 12.2. The molecule has 3 aromatic carbocycles. The van der Waals surface area contributed by atoms with Crippen molar-refractivity contribution in [2.24, 2.45) is 0 Å². The van der Waals surface area contributed by atoms with Gasteiger partial charge in [-0.1, -0.05) is 17.7 Å². The lowest BCUT2D eigenvalue weighted by molar-refractivity contribution is -0.119. The summed E-state index contributed by atoms with van der Waals surface area (Å²) in [6.45, 7) is -0.360. The molecule has 0 fully saturated rings. The van der Waals surface area contributed by atoms with Crippen LogP contribution < -0.4 is 28.6 Å². The molecule has 12 heteroatoms. The smallest absolute Gasteiger partial charge is 0.264 e. The first-order chi connectivity index (χ1) is 17.2. The molecule has 36 heavy (non-hydrogen) atoms. The number of fused-ring (bicyclic) bond motifs is 1. The van der Waals surface area contributed by atoms with Gasteiger partial charge in [0.1, 0.15) is 12.4 Å². The van der Waals surface area contributed by atoms with Crippen LogP contribution in [0.1, 0.15) is 5.56 Å². The van der Waals surface area contributed by atoms with E-state index in [1.807, 2.05) is 0 Å². The van der Waals surface area contributed by atoms with Crippen molar-refractivity contribution in [1.29, 1.82) is 0 Å². The summed E-state index contributed by atoms with van der Waals surface area (Å²) < 4.78 is 62.9. The number of anilines is 1. The first-order valence-corrected chi connectivity index (χ1v) is 12.4. The number of halogens is 2. The summed E-state index contributed by atoms with van der Waals surface area (Å²) in [6, 6.07) is 12.6. The Balaban J connectivity index is 1.61. The molecular formula is C24H22ClFN2O7S. The largest absolute Gasteiger partial charge is 0.493 e. The van der Waals surface area contributed by atoms with E-state index in [2.05, 4.69) is 5.32 Å². The zero-order valence-corrected chi connectivity index (χ0v) is 20.9. The summed E-state index contributed by atoms with van der Waals surface area (Å²) >= 11 is 5.91. The quantitative estimate of drug-likeness (QED) is 0.444. The van der Waals surface area contributed by atoms with Crippen molar-refractivity contribution in [1.82, 2.24) is 5.32 Å². The molecule has 4 rings (SSSR count). The van der Waals surface area contributed by atoms with E-state index in [-0.39, 0.29) is 34.7 Å². The molecule has 0 radical (unpaired) electrons. The minimum absolute atomic E-state index is 0.00872. The van der Waals surface area contributed by atoms with E-state index in [4.69, 9.17) is 30.5 Å². The fourth-order valence-electron chi connectivity index (χ4n) is 3.50. The fraction of sp³-hybridized carbons (Fsp3) is 0.208. The number of sulfonamides is 1. The fourth-order valence-corrected chi connectivity index (χ4v) is 5.10. The van der Waals surface area contributed by atoms with Crippen molar-refractivity contribution < 1.29 is 36.6 Å². The highest BCUT2D eigenvalue weighted by atomic mass is 35.5. The highest BCUT2D eigenvalue weighted by Gasteiger charge is 2.29. The number of nitrogens with one attached hydrogen (secondary N) is 1. The maximum absolute atomic E-state index is 13.8.